The van der Waals surface area contributed by atoms with Gasteiger partial charge in [-0.1, -0.05) is 38.5 Å². The average molecular weight is 291 g/mol. The van der Waals surface area contributed by atoms with E-state index in [0.717, 1.165) is 23.3 Å². The minimum Gasteiger partial charge on any atom is -0.451 e. The maximum atomic E-state index is 13.9. The Labute approximate surface area is 123 Å². The molecule has 0 bridgehead atoms. The molecule has 0 amide bonds. The Morgan fingerprint density at radius 1 is 1.00 bits per heavy atom. The van der Waals surface area contributed by atoms with Crippen molar-refractivity contribution >= 4 is 5.69 Å². The molecule has 2 nitrogen and oxygen atoms in total. The Hall–Kier alpha value is -2.10. The first kappa shape index (κ1) is 15.3. The van der Waals surface area contributed by atoms with Gasteiger partial charge in [0.05, 0.1) is 0 Å². The quantitative estimate of drug-likeness (QED) is 0.795. The van der Waals surface area contributed by atoms with Crippen LogP contribution in [0.15, 0.2) is 30.3 Å². The minimum atomic E-state index is -0.812. The van der Waals surface area contributed by atoms with Crippen molar-refractivity contribution in [2.75, 3.05) is 5.73 Å². The molecule has 2 N–H and O–H groups in total. The van der Waals surface area contributed by atoms with Gasteiger partial charge in [-0.05, 0) is 18.4 Å². The first-order valence-electron chi connectivity index (χ1n) is 6.72. The lowest BCUT2D eigenvalue weighted by molar-refractivity contribution is 0.396. The normalized spacial score (nSPS) is 11.5. The highest BCUT2D eigenvalue weighted by molar-refractivity contribution is 5.48. The van der Waals surface area contributed by atoms with Gasteiger partial charge in [0.25, 0.3) is 0 Å². The fourth-order valence-corrected chi connectivity index (χ4v) is 2.11. The number of hydrogen-bond acceptors (Lipinski definition) is 2. The number of aryl methyl sites for hydroxylation is 1. The molecule has 0 aromatic heterocycles. The number of halogens is 2. The molecule has 2 aromatic carbocycles. The Morgan fingerprint density at radius 3 is 2.10 bits per heavy atom. The summed E-state index contributed by atoms with van der Waals surface area (Å²) < 4.78 is 33.2. The Balaban J connectivity index is 2.50. The molecule has 0 spiro atoms. The maximum Gasteiger partial charge on any atom is 0.198 e. The average Bonchev–Trinajstić information content (AvgIpc) is 2.34. The predicted octanol–water partition coefficient (Wildman–Crippen LogP) is 4.95. The van der Waals surface area contributed by atoms with E-state index in [-0.39, 0.29) is 11.1 Å². The van der Waals surface area contributed by atoms with Crippen LogP contribution in [0.1, 0.15) is 31.9 Å². The van der Waals surface area contributed by atoms with Crippen molar-refractivity contribution in [1.29, 1.82) is 0 Å². The van der Waals surface area contributed by atoms with Crippen LogP contribution in [-0.4, -0.2) is 0 Å². The molecule has 0 aliphatic heterocycles. The van der Waals surface area contributed by atoms with Gasteiger partial charge in [0, 0.05) is 23.4 Å². The summed E-state index contributed by atoms with van der Waals surface area (Å²) in [5.41, 5.74) is 7.17. The van der Waals surface area contributed by atoms with Crippen molar-refractivity contribution < 1.29 is 13.5 Å². The van der Waals surface area contributed by atoms with Gasteiger partial charge < -0.3 is 10.5 Å². The predicted molar refractivity (Wildman–Crippen MR) is 80.7 cm³/mol. The zero-order chi connectivity index (χ0) is 15.8. The molecule has 2 rings (SSSR count). The topological polar surface area (TPSA) is 35.2 Å². The second-order valence-electron chi connectivity index (χ2n) is 6.17. The summed E-state index contributed by atoms with van der Waals surface area (Å²) in [6.07, 6.45) is 0. The molecular weight excluding hydrogens is 272 g/mol. The number of anilines is 1. The summed E-state index contributed by atoms with van der Waals surface area (Å²) in [6, 6.07) is 7.62. The number of benzene rings is 2. The first-order valence-corrected chi connectivity index (χ1v) is 6.72. The van der Waals surface area contributed by atoms with Gasteiger partial charge in [-0.15, -0.1) is 0 Å². The molecule has 0 radical (unpaired) electrons. The van der Waals surface area contributed by atoms with E-state index in [4.69, 9.17) is 10.5 Å². The SMILES string of the molecule is Cc1ccc(Oc2c(F)cc(N)cc2F)c(C(C)(C)C)c1. The smallest absolute Gasteiger partial charge is 0.198 e. The molecule has 2 aromatic rings. The van der Waals surface area contributed by atoms with Crippen molar-refractivity contribution in [3.63, 3.8) is 0 Å². The van der Waals surface area contributed by atoms with Crippen molar-refractivity contribution in [1.82, 2.24) is 0 Å². The van der Waals surface area contributed by atoms with Gasteiger partial charge >= 0.3 is 0 Å². The van der Waals surface area contributed by atoms with Gasteiger partial charge in [-0.2, -0.15) is 0 Å². The van der Waals surface area contributed by atoms with E-state index in [0.29, 0.717) is 5.75 Å². The van der Waals surface area contributed by atoms with Crippen LogP contribution in [0.25, 0.3) is 0 Å². The standard InChI is InChI=1S/C17H19F2NO/c1-10-5-6-15(12(7-10)17(2,3)4)21-16-13(18)8-11(20)9-14(16)19/h5-9H,20H2,1-4H3. The van der Waals surface area contributed by atoms with Gasteiger partial charge in [0.1, 0.15) is 5.75 Å². The van der Waals surface area contributed by atoms with Crippen molar-refractivity contribution in [2.45, 2.75) is 33.1 Å². The molecule has 21 heavy (non-hydrogen) atoms. The van der Waals surface area contributed by atoms with E-state index in [1.807, 2.05) is 39.8 Å². The highest BCUT2D eigenvalue weighted by Crippen LogP contribution is 2.37. The Morgan fingerprint density at radius 2 is 1.57 bits per heavy atom. The van der Waals surface area contributed by atoms with Crippen molar-refractivity contribution in [2.24, 2.45) is 0 Å². The number of rotatable bonds is 2. The molecule has 0 atom stereocenters. The van der Waals surface area contributed by atoms with E-state index in [1.54, 1.807) is 6.07 Å². The second-order valence-corrected chi connectivity index (χ2v) is 6.17. The molecule has 0 unspecified atom stereocenters. The van der Waals surface area contributed by atoms with Gasteiger partial charge in [0.2, 0.25) is 0 Å². The number of hydrogen-bond donors (Lipinski definition) is 1. The third-order valence-corrected chi connectivity index (χ3v) is 3.18. The summed E-state index contributed by atoms with van der Waals surface area (Å²) in [6.45, 7) is 8.02. The van der Waals surface area contributed by atoms with E-state index in [1.165, 1.54) is 0 Å². The minimum absolute atomic E-state index is 0.0253. The summed E-state index contributed by atoms with van der Waals surface area (Å²) >= 11 is 0. The number of nitrogen functional groups attached to an aromatic ring is 1. The van der Waals surface area contributed by atoms with E-state index >= 15 is 0 Å². The monoisotopic (exact) mass is 291 g/mol. The van der Waals surface area contributed by atoms with Gasteiger partial charge in [0.15, 0.2) is 17.4 Å². The van der Waals surface area contributed by atoms with Crippen LogP contribution in [0.4, 0.5) is 14.5 Å². The highest BCUT2D eigenvalue weighted by Gasteiger charge is 2.21. The van der Waals surface area contributed by atoms with Gasteiger partial charge in [-0.3, -0.25) is 0 Å². The molecule has 0 heterocycles. The zero-order valence-electron chi connectivity index (χ0n) is 12.6. The summed E-state index contributed by atoms with van der Waals surface area (Å²) in [5, 5.41) is 0. The lowest BCUT2D eigenvalue weighted by atomic mass is 9.85. The maximum absolute atomic E-state index is 13.9. The first-order chi connectivity index (χ1) is 9.68. The summed E-state index contributed by atoms with van der Waals surface area (Å²) in [7, 11) is 0. The van der Waals surface area contributed by atoms with Crippen LogP contribution in [0, 0.1) is 18.6 Å². The molecule has 112 valence electrons. The molecule has 0 fully saturated rings. The Bertz CT molecular complexity index is 652. The van der Waals surface area contributed by atoms with Crippen LogP contribution < -0.4 is 10.5 Å². The van der Waals surface area contributed by atoms with E-state index < -0.39 is 17.4 Å². The van der Waals surface area contributed by atoms with Crippen molar-refractivity contribution in [3.8, 4) is 11.5 Å². The molecule has 4 heteroatoms. The summed E-state index contributed by atoms with van der Waals surface area (Å²) in [4.78, 5) is 0. The van der Waals surface area contributed by atoms with Crippen LogP contribution >= 0.6 is 0 Å². The van der Waals surface area contributed by atoms with Crippen LogP contribution in [0.3, 0.4) is 0 Å². The fraction of sp³-hybridized carbons (Fsp3) is 0.294. The van der Waals surface area contributed by atoms with Crippen molar-refractivity contribution in [3.05, 3.63) is 53.1 Å². The van der Waals surface area contributed by atoms with Gasteiger partial charge in [-0.25, -0.2) is 8.78 Å². The van der Waals surface area contributed by atoms with Crippen LogP contribution in [0.2, 0.25) is 0 Å². The third-order valence-electron chi connectivity index (χ3n) is 3.18. The molecule has 0 saturated carbocycles. The largest absolute Gasteiger partial charge is 0.451 e. The third kappa shape index (κ3) is 3.32. The zero-order valence-corrected chi connectivity index (χ0v) is 12.6. The van der Waals surface area contributed by atoms with E-state index in [9.17, 15) is 8.78 Å². The number of nitrogens with two attached hydrogens (primary N) is 1. The number of ether oxygens (including phenoxy) is 1. The molecule has 0 aliphatic carbocycles. The molecule has 0 saturated heterocycles. The van der Waals surface area contributed by atoms with E-state index in [2.05, 4.69) is 0 Å². The van der Waals surface area contributed by atoms with Crippen LogP contribution in [-0.2, 0) is 5.41 Å². The Kier molecular flexibility index (Phi) is 3.90. The van der Waals surface area contributed by atoms with Crippen LogP contribution in [0.5, 0.6) is 11.5 Å². The molecule has 0 aliphatic rings. The highest BCUT2D eigenvalue weighted by atomic mass is 19.1. The molecular formula is C17H19F2NO. The second kappa shape index (κ2) is 5.35. The fourth-order valence-electron chi connectivity index (χ4n) is 2.11. The lowest BCUT2D eigenvalue weighted by Gasteiger charge is -2.23. The summed E-state index contributed by atoms with van der Waals surface area (Å²) in [5.74, 6) is -1.62. The lowest BCUT2D eigenvalue weighted by Crippen LogP contribution is -2.13.